The van der Waals surface area contributed by atoms with Crippen LogP contribution in [0, 0.1) is 11.7 Å². The van der Waals surface area contributed by atoms with Crippen molar-refractivity contribution in [2.24, 2.45) is 11.7 Å². The van der Waals surface area contributed by atoms with E-state index < -0.39 is 0 Å². The van der Waals surface area contributed by atoms with Crippen molar-refractivity contribution in [1.29, 1.82) is 0 Å². The summed E-state index contributed by atoms with van der Waals surface area (Å²) in [4.78, 5) is 0. The molecular weight excluding hydrogens is 189 g/mol. The van der Waals surface area contributed by atoms with E-state index in [4.69, 9.17) is 5.73 Å². The minimum absolute atomic E-state index is 0.170. The first kappa shape index (κ1) is 12.2. The summed E-state index contributed by atoms with van der Waals surface area (Å²) in [7, 11) is 0. The Hall–Kier alpha value is -0.890. The third-order valence-electron chi connectivity index (χ3n) is 3.05. The minimum atomic E-state index is -0.184. The van der Waals surface area contributed by atoms with E-state index in [0.717, 1.165) is 19.3 Å². The fourth-order valence-corrected chi connectivity index (χ4v) is 1.88. The van der Waals surface area contributed by atoms with Crippen LogP contribution in [-0.4, -0.2) is 0 Å². The summed E-state index contributed by atoms with van der Waals surface area (Å²) in [6, 6.07) is 6.62. The summed E-state index contributed by atoms with van der Waals surface area (Å²) >= 11 is 0. The van der Waals surface area contributed by atoms with E-state index in [2.05, 4.69) is 13.8 Å². The molecule has 1 atom stereocenters. The Labute approximate surface area is 91.5 Å². The van der Waals surface area contributed by atoms with Gasteiger partial charge in [-0.1, -0.05) is 44.9 Å². The summed E-state index contributed by atoms with van der Waals surface area (Å²) in [5.41, 5.74) is 6.65. The predicted octanol–water partition coefficient (Wildman–Crippen LogP) is 3.65. The molecule has 0 bridgehead atoms. The topological polar surface area (TPSA) is 26.0 Å². The zero-order valence-electron chi connectivity index (χ0n) is 9.54. The van der Waals surface area contributed by atoms with Crippen LogP contribution < -0.4 is 5.73 Å². The van der Waals surface area contributed by atoms with Gasteiger partial charge in [0.1, 0.15) is 5.82 Å². The first-order chi connectivity index (χ1) is 7.19. The standard InChI is InChI=1S/C13H20FN/c1-3-10(4-2)9-13(15)11-7-5-6-8-12(11)14/h5-8,10,13H,3-4,9,15H2,1-2H3/t13-/m0/s1. The van der Waals surface area contributed by atoms with Crippen LogP contribution in [0.3, 0.4) is 0 Å². The van der Waals surface area contributed by atoms with Gasteiger partial charge in [-0.3, -0.25) is 0 Å². The van der Waals surface area contributed by atoms with Crippen molar-refractivity contribution in [2.45, 2.75) is 39.2 Å². The van der Waals surface area contributed by atoms with Gasteiger partial charge in [0.05, 0.1) is 0 Å². The highest BCUT2D eigenvalue weighted by molar-refractivity contribution is 5.20. The number of nitrogens with two attached hydrogens (primary N) is 1. The molecule has 0 amide bonds. The lowest BCUT2D eigenvalue weighted by Gasteiger charge is -2.18. The Balaban J connectivity index is 2.68. The minimum Gasteiger partial charge on any atom is -0.324 e. The van der Waals surface area contributed by atoms with Gasteiger partial charge in [0.15, 0.2) is 0 Å². The highest BCUT2D eigenvalue weighted by atomic mass is 19.1. The second kappa shape index (κ2) is 5.86. The molecular formula is C13H20FN. The number of benzene rings is 1. The van der Waals surface area contributed by atoms with Crippen molar-refractivity contribution in [2.75, 3.05) is 0 Å². The van der Waals surface area contributed by atoms with E-state index in [1.54, 1.807) is 12.1 Å². The highest BCUT2D eigenvalue weighted by Gasteiger charge is 2.14. The number of halogens is 1. The molecule has 1 aromatic rings. The lowest BCUT2D eigenvalue weighted by molar-refractivity contribution is 0.407. The fraction of sp³-hybridized carbons (Fsp3) is 0.538. The summed E-state index contributed by atoms with van der Waals surface area (Å²) in [5.74, 6) is 0.413. The Bertz CT molecular complexity index is 294. The predicted molar refractivity (Wildman–Crippen MR) is 62.0 cm³/mol. The van der Waals surface area contributed by atoms with Crippen LogP contribution in [-0.2, 0) is 0 Å². The molecule has 0 aliphatic heterocycles. The largest absolute Gasteiger partial charge is 0.324 e. The fourth-order valence-electron chi connectivity index (χ4n) is 1.88. The molecule has 0 aliphatic rings. The summed E-state index contributed by atoms with van der Waals surface area (Å²) in [5, 5.41) is 0. The van der Waals surface area contributed by atoms with Crippen molar-refractivity contribution in [3.8, 4) is 0 Å². The highest BCUT2D eigenvalue weighted by Crippen LogP contribution is 2.24. The Morgan fingerprint density at radius 2 is 1.80 bits per heavy atom. The van der Waals surface area contributed by atoms with Crippen LogP contribution in [0.15, 0.2) is 24.3 Å². The average molecular weight is 209 g/mol. The molecule has 0 unspecified atom stereocenters. The van der Waals surface area contributed by atoms with E-state index in [1.165, 1.54) is 6.07 Å². The lowest BCUT2D eigenvalue weighted by Crippen LogP contribution is -2.16. The average Bonchev–Trinajstić information content (AvgIpc) is 2.26. The van der Waals surface area contributed by atoms with E-state index in [0.29, 0.717) is 11.5 Å². The molecule has 15 heavy (non-hydrogen) atoms. The molecule has 0 spiro atoms. The quantitative estimate of drug-likeness (QED) is 0.787. The monoisotopic (exact) mass is 209 g/mol. The maximum Gasteiger partial charge on any atom is 0.127 e. The van der Waals surface area contributed by atoms with Crippen LogP contribution in [0.2, 0.25) is 0 Å². The molecule has 84 valence electrons. The van der Waals surface area contributed by atoms with Crippen molar-refractivity contribution in [3.63, 3.8) is 0 Å². The molecule has 1 rings (SSSR count). The van der Waals surface area contributed by atoms with E-state index >= 15 is 0 Å². The second-order valence-corrected chi connectivity index (χ2v) is 4.05. The lowest BCUT2D eigenvalue weighted by atomic mass is 9.91. The first-order valence-corrected chi connectivity index (χ1v) is 5.69. The Morgan fingerprint density at radius 3 is 2.33 bits per heavy atom. The zero-order valence-corrected chi connectivity index (χ0v) is 9.54. The van der Waals surface area contributed by atoms with Gasteiger partial charge in [0.2, 0.25) is 0 Å². The molecule has 0 heterocycles. The molecule has 2 heteroatoms. The van der Waals surface area contributed by atoms with Crippen molar-refractivity contribution in [3.05, 3.63) is 35.6 Å². The second-order valence-electron chi connectivity index (χ2n) is 4.05. The number of rotatable bonds is 5. The van der Waals surface area contributed by atoms with Crippen molar-refractivity contribution in [1.82, 2.24) is 0 Å². The van der Waals surface area contributed by atoms with Gasteiger partial charge in [-0.2, -0.15) is 0 Å². The third kappa shape index (κ3) is 3.31. The molecule has 0 fully saturated rings. The Morgan fingerprint density at radius 1 is 1.20 bits per heavy atom. The van der Waals surface area contributed by atoms with Crippen LogP contribution in [0.25, 0.3) is 0 Å². The normalized spacial score (nSPS) is 13.1. The van der Waals surface area contributed by atoms with Gasteiger partial charge in [-0.15, -0.1) is 0 Å². The van der Waals surface area contributed by atoms with Gasteiger partial charge < -0.3 is 5.73 Å². The molecule has 1 nitrogen and oxygen atoms in total. The summed E-state index contributed by atoms with van der Waals surface area (Å²) < 4.78 is 13.4. The molecule has 0 radical (unpaired) electrons. The van der Waals surface area contributed by atoms with Gasteiger partial charge in [-0.25, -0.2) is 4.39 Å². The van der Waals surface area contributed by atoms with Gasteiger partial charge in [-0.05, 0) is 18.4 Å². The molecule has 1 aromatic carbocycles. The van der Waals surface area contributed by atoms with Gasteiger partial charge >= 0.3 is 0 Å². The molecule has 0 aliphatic carbocycles. The first-order valence-electron chi connectivity index (χ1n) is 5.69. The number of hydrogen-bond donors (Lipinski definition) is 1. The maximum absolute atomic E-state index is 13.4. The third-order valence-corrected chi connectivity index (χ3v) is 3.05. The van der Waals surface area contributed by atoms with Crippen LogP contribution in [0.1, 0.15) is 44.7 Å². The summed E-state index contributed by atoms with van der Waals surface area (Å²) in [6.45, 7) is 4.31. The van der Waals surface area contributed by atoms with Crippen LogP contribution >= 0.6 is 0 Å². The smallest absolute Gasteiger partial charge is 0.127 e. The van der Waals surface area contributed by atoms with Crippen molar-refractivity contribution < 1.29 is 4.39 Å². The SMILES string of the molecule is CCC(CC)C[C@H](N)c1ccccc1F. The maximum atomic E-state index is 13.4. The number of hydrogen-bond acceptors (Lipinski definition) is 1. The zero-order chi connectivity index (χ0) is 11.3. The Kier molecular flexibility index (Phi) is 4.76. The van der Waals surface area contributed by atoms with E-state index in [9.17, 15) is 4.39 Å². The molecule has 0 aromatic heterocycles. The molecule has 0 saturated carbocycles. The van der Waals surface area contributed by atoms with Crippen LogP contribution in [0.5, 0.6) is 0 Å². The molecule has 2 N–H and O–H groups in total. The molecule has 0 saturated heterocycles. The van der Waals surface area contributed by atoms with Gasteiger partial charge in [0.25, 0.3) is 0 Å². The van der Waals surface area contributed by atoms with Crippen LogP contribution in [0.4, 0.5) is 4.39 Å². The van der Waals surface area contributed by atoms with Gasteiger partial charge in [0, 0.05) is 11.6 Å². The summed E-state index contributed by atoms with van der Waals surface area (Å²) in [6.07, 6.45) is 3.09. The van der Waals surface area contributed by atoms with Crippen molar-refractivity contribution >= 4 is 0 Å². The van der Waals surface area contributed by atoms with E-state index in [1.807, 2.05) is 6.07 Å². The van der Waals surface area contributed by atoms with E-state index in [-0.39, 0.29) is 11.9 Å².